The smallest absolute Gasteiger partial charge is 0.384 e. The lowest BCUT2D eigenvalue weighted by Crippen LogP contribution is -2.19. The molecule has 1 aliphatic rings. The van der Waals surface area contributed by atoms with Crippen LogP contribution < -0.4 is 5.32 Å². The zero-order chi connectivity index (χ0) is 14.6. The van der Waals surface area contributed by atoms with Gasteiger partial charge in [0.1, 0.15) is 0 Å². The van der Waals surface area contributed by atoms with Crippen molar-refractivity contribution in [2.75, 3.05) is 19.5 Å². The fourth-order valence-electron chi connectivity index (χ4n) is 1.85. The van der Waals surface area contributed by atoms with Crippen molar-refractivity contribution < 1.29 is 17.9 Å². The Hall–Kier alpha value is -0.720. The third-order valence-corrected chi connectivity index (χ3v) is 4.06. The SMILES string of the molecule is COCCSc1ccc(CNC2CC2)c(C(F)(F)F)c1. The highest BCUT2D eigenvalue weighted by Gasteiger charge is 2.34. The minimum atomic E-state index is -4.31. The van der Waals surface area contributed by atoms with Gasteiger partial charge in [-0.25, -0.2) is 0 Å². The summed E-state index contributed by atoms with van der Waals surface area (Å²) in [5.74, 6) is 0.646. The fourth-order valence-corrected chi connectivity index (χ4v) is 2.70. The van der Waals surface area contributed by atoms with Gasteiger partial charge in [0.15, 0.2) is 0 Å². The molecule has 0 aliphatic heterocycles. The average molecular weight is 305 g/mol. The molecule has 0 amide bonds. The van der Waals surface area contributed by atoms with Crippen LogP contribution in [0, 0.1) is 0 Å². The van der Waals surface area contributed by atoms with Gasteiger partial charge in [0, 0.05) is 30.3 Å². The molecule has 1 aromatic carbocycles. The molecule has 1 fully saturated rings. The summed E-state index contributed by atoms with van der Waals surface area (Å²) in [6, 6.07) is 4.96. The van der Waals surface area contributed by atoms with Crippen LogP contribution >= 0.6 is 11.8 Å². The minimum Gasteiger partial charge on any atom is -0.384 e. The number of hydrogen-bond acceptors (Lipinski definition) is 3. The van der Waals surface area contributed by atoms with Crippen molar-refractivity contribution in [1.82, 2.24) is 5.32 Å². The molecule has 0 heterocycles. The van der Waals surface area contributed by atoms with Crippen LogP contribution in [-0.2, 0) is 17.5 Å². The number of ether oxygens (including phenoxy) is 1. The van der Waals surface area contributed by atoms with Crippen LogP contribution in [0.2, 0.25) is 0 Å². The maximum Gasteiger partial charge on any atom is 0.416 e. The van der Waals surface area contributed by atoms with E-state index in [0.29, 0.717) is 28.9 Å². The second-order valence-electron chi connectivity index (χ2n) is 4.81. The molecule has 0 aromatic heterocycles. The lowest BCUT2D eigenvalue weighted by atomic mass is 10.1. The van der Waals surface area contributed by atoms with E-state index < -0.39 is 11.7 Å². The summed E-state index contributed by atoms with van der Waals surface area (Å²) < 4.78 is 44.2. The summed E-state index contributed by atoms with van der Waals surface area (Å²) in [6.07, 6.45) is -2.18. The van der Waals surface area contributed by atoms with Crippen molar-refractivity contribution in [3.8, 4) is 0 Å². The molecule has 1 aliphatic carbocycles. The lowest BCUT2D eigenvalue weighted by molar-refractivity contribution is -0.138. The lowest BCUT2D eigenvalue weighted by Gasteiger charge is -2.15. The number of alkyl halides is 3. The molecule has 0 atom stereocenters. The van der Waals surface area contributed by atoms with Crippen molar-refractivity contribution in [2.24, 2.45) is 0 Å². The van der Waals surface area contributed by atoms with Crippen molar-refractivity contribution in [3.05, 3.63) is 29.3 Å². The summed E-state index contributed by atoms with van der Waals surface area (Å²) in [4.78, 5) is 0.629. The Morgan fingerprint density at radius 3 is 2.70 bits per heavy atom. The number of hydrogen-bond donors (Lipinski definition) is 1. The van der Waals surface area contributed by atoms with E-state index in [1.807, 2.05) is 0 Å². The van der Waals surface area contributed by atoms with E-state index in [-0.39, 0.29) is 6.54 Å². The highest BCUT2D eigenvalue weighted by atomic mass is 32.2. The topological polar surface area (TPSA) is 21.3 Å². The monoisotopic (exact) mass is 305 g/mol. The van der Waals surface area contributed by atoms with Gasteiger partial charge in [-0.05, 0) is 30.5 Å². The second-order valence-corrected chi connectivity index (χ2v) is 5.98. The molecule has 6 heteroatoms. The third kappa shape index (κ3) is 4.68. The summed E-state index contributed by atoms with van der Waals surface area (Å²) in [5, 5.41) is 3.13. The zero-order valence-electron chi connectivity index (χ0n) is 11.3. The highest BCUT2D eigenvalue weighted by molar-refractivity contribution is 7.99. The summed E-state index contributed by atoms with van der Waals surface area (Å²) in [7, 11) is 1.58. The van der Waals surface area contributed by atoms with Crippen molar-refractivity contribution in [2.45, 2.75) is 36.5 Å². The highest BCUT2D eigenvalue weighted by Crippen LogP contribution is 2.35. The molecule has 0 bridgehead atoms. The van der Waals surface area contributed by atoms with E-state index in [0.717, 1.165) is 12.8 Å². The summed E-state index contributed by atoms with van der Waals surface area (Å²) in [5.41, 5.74) is -0.214. The van der Waals surface area contributed by atoms with Crippen LogP contribution in [0.5, 0.6) is 0 Å². The molecule has 1 aromatic rings. The van der Waals surface area contributed by atoms with Crippen LogP contribution in [-0.4, -0.2) is 25.5 Å². The van der Waals surface area contributed by atoms with E-state index in [4.69, 9.17) is 4.74 Å². The van der Waals surface area contributed by atoms with Crippen molar-refractivity contribution in [1.29, 1.82) is 0 Å². The Kier molecular flexibility index (Phi) is 5.35. The molecule has 0 unspecified atom stereocenters. The first-order valence-corrected chi connectivity index (χ1v) is 7.54. The van der Waals surface area contributed by atoms with Gasteiger partial charge in [-0.15, -0.1) is 11.8 Å². The number of halogens is 3. The van der Waals surface area contributed by atoms with Gasteiger partial charge in [-0.1, -0.05) is 6.07 Å². The summed E-state index contributed by atoms with van der Waals surface area (Å²) >= 11 is 1.38. The first-order valence-electron chi connectivity index (χ1n) is 6.56. The number of rotatable bonds is 7. The third-order valence-electron chi connectivity index (χ3n) is 3.10. The average Bonchev–Trinajstić information content (AvgIpc) is 3.20. The Morgan fingerprint density at radius 1 is 1.35 bits per heavy atom. The van der Waals surface area contributed by atoms with E-state index >= 15 is 0 Å². The normalized spacial score (nSPS) is 15.6. The number of methoxy groups -OCH3 is 1. The van der Waals surface area contributed by atoms with Crippen LogP contribution in [0.25, 0.3) is 0 Å². The second kappa shape index (κ2) is 6.83. The van der Waals surface area contributed by atoms with Gasteiger partial charge in [0.05, 0.1) is 12.2 Å². The van der Waals surface area contributed by atoms with Crippen LogP contribution in [0.1, 0.15) is 24.0 Å². The van der Waals surface area contributed by atoms with Gasteiger partial charge in [-0.2, -0.15) is 13.2 Å². The van der Waals surface area contributed by atoms with Gasteiger partial charge >= 0.3 is 6.18 Å². The summed E-state index contributed by atoms with van der Waals surface area (Å²) in [6.45, 7) is 0.805. The Bertz CT molecular complexity index is 447. The molecule has 0 radical (unpaired) electrons. The molecule has 2 rings (SSSR count). The first kappa shape index (κ1) is 15.7. The Morgan fingerprint density at radius 2 is 2.10 bits per heavy atom. The molecule has 0 spiro atoms. The molecule has 2 nitrogen and oxygen atoms in total. The molecule has 20 heavy (non-hydrogen) atoms. The maximum atomic E-state index is 13.1. The Balaban J connectivity index is 2.09. The number of benzene rings is 1. The van der Waals surface area contributed by atoms with Crippen molar-refractivity contribution in [3.63, 3.8) is 0 Å². The van der Waals surface area contributed by atoms with E-state index in [1.54, 1.807) is 19.2 Å². The van der Waals surface area contributed by atoms with E-state index in [2.05, 4.69) is 5.32 Å². The molecular formula is C14H18F3NOS. The molecular weight excluding hydrogens is 287 g/mol. The maximum absolute atomic E-state index is 13.1. The minimum absolute atomic E-state index is 0.280. The van der Waals surface area contributed by atoms with Crippen LogP contribution in [0.15, 0.2) is 23.1 Å². The predicted molar refractivity (Wildman–Crippen MR) is 73.9 cm³/mol. The van der Waals surface area contributed by atoms with Gasteiger partial charge < -0.3 is 10.1 Å². The van der Waals surface area contributed by atoms with E-state index in [9.17, 15) is 13.2 Å². The largest absolute Gasteiger partial charge is 0.416 e. The van der Waals surface area contributed by atoms with Gasteiger partial charge in [-0.3, -0.25) is 0 Å². The van der Waals surface area contributed by atoms with Crippen LogP contribution in [0.3, 0.4) is 0 Å². The number of thioether (sulfide) groups is 1. The van der Waals surface area contributed by atoms with Gasteiger partial charge in [0.25, 0.3) is 0 Å². The van der Waals surface area contributed by atoms with Crippen LogP contribution in [0.4, 0.5) is 13.2 Å². The standard InChI is InChI=1S/C14H18F3NOS/c1-19-6-7-20-12-5-2-10(9-18-11-3-4-11)13(8-12)14(15,16)17/h2,5,8,11,18H,3-4,6-7,9H2,1H3. The molecule has 112 valence electrons. The quantitative estimate of drug-likeness (QED) is 0.613. The Labute approximate surface area is 121 Å². The first-order chi connectivity index (χ1) is 9.50. The zero-order valence-corrected chi connectivity index (χ0v) is 12.1. The molecule has 1 N–H and O–H groups in total. The predicted octanol–water partition coefficient (Wildman–Crippen LogP) is 3.70. The van der Waals surface area contributed by atoms with Gasteiger partial charge in [0.2, 0.25) is 0 Å². The van der Waals surface area contributed by atoms with Crippen molar-refractivity contribution >= 4 is 11.8 Å². The molecule has 1 saturated carbocycles. The molecule has 0 saturated heterocycles. The van der Waals surface area contributed by atoms with E-state index in [1.165, 1.54) is 17.8 Å². The fraction of sp³-hybridized carbons (Fsp3) is 0.571. The number of nitrogens with one attached hydrogen (secondary N) is 1.